The second-order valence-corrected chi connectivity index (χ2v) is 1.98. The Morgan fingerprint density at radius 1 is 1.50 bits per heavy atom. The number of carbonyl (C=O) groups excluding carboxylic acids is 1. The number of hydrogen-bond donors (Lipinski definition) is 0. The first-order chi connectivity index (χ1) is 5.83. The van der Waals surface area contributed by atoms with Crippen molar-refractivity contribution in [3.05, 3.63) is 30.1 Å². The summed E-state index contributed by atoms with van der Waals surface area (Å²) in [5.74, 6) is 4.41. The van der Waals surface area contributed by atoms with Gasteiger partial charge >= 0.3 is 5.97 Å². The lowest BCUT2D eigenvalue weighted by atomic mass is 10.3. The van der Waals surface area contributed by atoms with Crippen molar-refractivity contribution in [2.45, 2.75) is 0 Å². The highest BCUT2D eigenvalue weighted by atomic mass is 16.5. The summed E-state index contributed by atoms with van der Waals surface area (Å²) in [6.45, 7) is 0. The van der Waals surface area contributed by atoms with Gasteiger partial charge in [-0.05, 0) is 12.1 Å². The lowest BCUT2D eigenvalue weighted by Crippen LogP contribution is -1.94. The van der Waals surface area contributed by atoms with E-state index in [1.54, 1.807) is 24.5 Å². The van der Waals surface area contributed by atoms with Crippen LogP contribution in [0.4, 0.5) is 0 Å². The molecule has 0 radical (unpaired) electrons. The maximum Gasteiger partial charge on any atom is 0.384 e. The molecule has 0 aliphatic carbocycles. The van der Waals surface area contributed by atoms with E-state index in [1.807, 2.05) is 0 Å². The summed E-state index contributed by atoms with van der Waals surface area (Å²) in [5.41, 5.74) is 0.746. The Bertz CT molecular complexity index is 321. The van der Waals surface area contributed by atoms with Crippen LogP contribution in [-0.2, 0) is 9.53 Å². The number of pyridine rings is 1. The third-order valence-corrected chi connectivity index (χ3v) is 1.17. The van der Waals surface area contributed by atoms with Gasteiger partial charge in [0.15, 0.2) is 0 Å². The predicted molar refractivity (Wildman–Crippen MR) is 43.1 cm³/mol. The zero-order valence-corrected chi connectivity index (χ0v) is 6.57. The van der Waals surface area contributed by atoms with Crippen LogP contribution in [0.5, 0.6) is 0 Å². The van der Waals surface area contributed by atoms with E-state index >= 15 is 0 Å². The molecule has 3 heteroatoms. The van der Waals surface area contributed by atoms with E-state index in [0.717, 1.165) is 5.56 Å². The summed E-state index contributed by atoms with van der Waals surface area (Å²) in [6.07, 6.45) is 3.22. The summed E-state index contributed by atoms with van der Waals surface area (Å²) in [5, 5.41) is 0. The van der Waals surface area contributed by atoms with Gasteiger partial charge in [0.25, 0.3) is 0 Å². The molecular weight excluding hydrogens is 154 g/mol. The number of esters is 1. The van der Waals surface area contributed by atoms with Crippen LogP contribution in [-0.4, -0.2) is 18.1 Å². The molecule has 0 unspecified atom stereocenters. The minimum atomic E-state index is -0.535. The molecule has 1 aromatic heterocycles. The Hall–Kier alpha value is -1.82. The molecule has 1 heterocycles. The maximum absolute atomic E-state index is 10.6. The lowest BCUT2D eigenvalue weighted by molar-refractivity contribution is -0.133. The lowest BCUT2D eigenvalue weighted by Gasteiger charge is -1.86. The number of nitrogens with zero attached hydrogens (tertiary/aromatic N) is 1. The first-order valence-electron chi connectivity index (χ1n) is 3.33. The van der Waals surface area contributed by atoms with Gasteiger partial charge < -0.3 is 4.74 Å². The van der Waals surface area contributed by atoms with Crippen LogP contribution < -0.4 is 0 Å². The predicted octanol–water partition coefficient (Wildman–Crippen LogP) is 0.606. The molecule has 0 N–H and O–H groups in total. The van der Waals surface area contributed by atoms with Crippen molar-refractivity contribution < 1.29 is 9.53 Å². The van der Waals surface area contributed by atoms with E-state index < -0.39 is 5.97 Å². The minimum absolute atomic E-state index is 0.535. The number of rotatable bonds is 0. The van der Waals surface area contributed by atoms with Gasteiger partial charge in [0.2, 0.25) is 0 Å². The van der Waals surface area contributed by atoms with E-state index in [2.05, 4.69) is 21.6 Å². The van der Waals surface area contributed by atoms with E-state index in [0.29, 0.717) is 0 Å². The molecule has 3 nitrogen and oxygen atoms in total. The quantitative estimate of drug-likeness (QED) is 0.413. The van der Waals surface area contributed by atoms with E-state index in [4.69, 9.17) is 0 Å². The zero-order valence-electron chi connectivity index (χ0n) is 6.57. The van der Waals surface area contributed by atoms with Crippen molar-refractivity contribution in [1.29, 1.82) is 0 Å². The first kappa shape index (κ1) is 8.28. The van der Waals surface area contributed by atoms with E-state index in [1.165, 1.54) is 7.11 Å². The van der Waals surface area contributed by atoms with Crippen molar-refractivity contribution in [2.75, 3.05) is 7.11 Å². The fraction of sp³-hybridized carbons (Fsp3) is 0.111. The standard InChI is InChI=1S/C9H7NO2/c1-12-9(11)3-2-8-4-6-10-7-5-8/h4-7H,1H3. The van der Waals surface area contributed by atoms with Crippen LogP contribution in [0.15, 0.2) is 24.5 Å². The molecule has 60 valence electrons. The molecule has 0 spiro atoms. The number of hydrogen-bond acceptors (Lipinski definition) is 3. The second-order valence-electron chi connectivity index (χ2n) is 1.98. The van der Waals surface area contributed by atoms with Gasteiger partial charge in [-0.2, -0.15) is 0 Å². The first-order valence-corrected chi connectivity index (χ1v) is 3.33. The zero-order chi connectivity index (χ0) is 8.81. The molecule has 0 saturated heterocycles. The van der Waals surface area contributed by atoms with Gasteiger partial charge in [-0.15, -0.1) is 0 Å². The summed E-state index contributed by atoms with van der Waals surface area (Å²) in [6, 6.07) is 3.44. The summed E-state index contributed by atoms with van der Waals surface area (Å²) < 4.78 is 4.34. The molecule has 0 aliphatic heterocycles. The second kappa shape index (κ2) is 4.14. The highest BCUT2D eigenvalue weighted by molar-refractivity contribution is 5.88. The van der Waals surface area contributed by atoms with Gasteiger partial charge in [0.05, 0.1) is 7.11 Å². The average molecular weight is 161 g/mol. The van der Waals surface area contributed by atoms with Crippen molar-refractivity contribution in [2.24, 2.45) is 0 Å². The van der Waals surface area contributed by atoms with E-state index in [-0.39, 0.29) is 0 Å². The summed E-state index contributed by atoms with van der Waals surface area (Å²) >= 11 is 0. The molecule has 0 fully saturated rings. The van der Waals surface area contributed by atoms with Gasteiger partial charge in [0.1, 0.15) is 0 Å². The topological polar surface area (TPSA) is 39.2 Å². The molecule has 0 bridgehead atoms. The highest BCUT2D eigenvalue weighted by Gasteiger charge is 1.89. The number of ether oxygens (including phenoxy) is 1. The normalized spacial score (nSPS) is 8.08. The third kappa shape index (κ3) is 2.43. The fourth-order valence-corrected chi connectivity index (χ4v) is 0.609. The molecule has 0 aromatic carbocycles. The van der Waals surface area contributed by atoms with Gasteiger partial charge in [-0.1, -0.05) is 5.92 Å². The number of methoxy groups -OCH3 is 1. The molecule has 12 heavy (non-hydrogen) atoms. The third-order valence-electron chi connectivity index (χ3n) is 1.17. The van der Waals surface area contributed by atoms with E-state index in [9.17, 15) is 4.79 Å². The molecule has 0 aliphatic rings. The van der Waals surface area contributed by atoms with Crippen LogP contribution in [0.1, 0.15) is 5.56 Å². The Morgan fingerprint density at radius 2 is 2.17 bits per heavy atom. The van der Waals surface area contributed by atoms with Gasteiger partial charge in [0, 0.05) is 23.9 Å². The number of carbonyl (C=O) groups is 1. The van der Waals surface area contributed by atoms with Crippen molar-refractivity contribution >= 4 is 5.97 Å². The largest absolute Gasteiger partial charge is 0.459 e. The molecule has 1 rings (SSSR count). The van der Waals surface area contributed by atoms with Crippen LogP contribution in [0.25, 0.3) is 0 Å². The minimum Gasteiger partial charge on any atom is -0.459 e. The van der Waals surface area contributed by atoms with Crippen molar-refractivity contribution in [1.82, 2.24) is 4.98 Å². The molecule has 1 aromatic rings. The van der Waals surface area contributed by atoms with Crippen molar-refractivity contribution in [3.63, 3.8) is 0 Å². The fourth-order valence-electron chi connectivity index (χ4n) is 0.609. The van der Waals surface area contributed by atoms with Crippen molar-refractivity contribution in [3.8, 4) is 11.8 Å². The van der Waals surface area contributed by atoms with Crippen LogP contribution >= 0.6 is 0 Å². The Balaban J connectivity index is 2.74. The summed E-state index contributed by atoms with van der Waals surface area (Å²) in [4.78, 5) is 14.4. The Kier molecular flexibility index (Phi) is 2.86. The smallest absolute Gasteiger partial charge is 0.384 e. The van der Waals surface area contributed by atoms with Gasteiger partial charge in [-0.3, -0.25) is 4.98 Å². The Labute approximate surface area is 70.4 Å². The van der Waals surface area contributed by atoms with Gasteiger partial charge in [-0.25, -0.2) is 4.79 Å². The number of aromatic nitrogens is 1. The SMILES string of the molecule is COC(=O)C#Cc1ccncc1. The van der Waals surface area contributed by atoms with Crippen LogP contribution in [0.3, 0.4) is 0 Å². The van der Waals surface area contributed by atoms with Crippen LogP contribution in [0.2, 0.25) is 0 Å². The summed E-state index contributed by atoms with van der Waals surface area (Å²) in [7, 11) is 1.30. The van der Waals surface area contributed by atoms with Crippen LogP contribution in [0, 0.1) is 11.8 Å². The highest BCUT2D eigenvalue weighted by Crippen LogP contribution is 1.91. The average Bonchev–Trinajstić information content (AvgIpc) is 2.16. The Morgan fingerprint density at radius 3 is 2.75 bits per heavy atom. The molecule has 0 atom stereocenters. The monoisotopic (exact) mass is 161 g/mol. The molecule has 0 saturated carbocycles. The maximum atomic E-state index is 10.6. The molecular formula is C9H7NO2. The molecule has 0 amide bonds.